The van der Waals surface area contributed by atoms with Crippen LogP contribution in [0.5, 0.6) is 0 Å². The predicted octanol–water partition coefficient (Wildman–Crippen LogP) is 2.23. The Kier molecular flexibility index (Phi) is 4.41. The van der Waals surface area contributed by atoms with Gasteiger partial charge in [-0.1, -0.05) is 23.7 Å². The first-order valence-electron chi connectivity index (χ1n) is 7.65. The van der Waals surface area contributed by atoms with Crippen molar-refractivity contribution in [3.05, 3.63) is 52.3 Å². The number of aromatic nitrogens is 2. The van der Waals surface area contributed by atoms with Crippen molar-refractivity contribution in [3.8, 4) is 0 Å². The van der Waals surface area contributed by atoms with Crippen molar-refractivity contribution in [1.82, 2.24) is 14.7 Å². The molecule has 0 spiro atoms. The molecule has 2 heterocycles. The lowest BCUT2D eigenvalue weighted by Crippen LogP contribution is -2.31. The molecule has 23 heavy (non-hydrogen) atoms. The quantitative estimate of drug-likeness (QED) is 0.937. The van der Waals surface area contributed by atoms with Gasteiger partial charge >= 0.3 is 0 Å². The van der Waals surface area contributed by atoms with Gasteiger partial charge in [0, 0.05) is 43.6 Å². The van der Waals surface area contributed by atoms with Crippen molar-refractivity contribution in [3.63, 3.8) is 0 Å². The van der Waals surface area contributed by atoms with Crippen LogP contribution in [0.4, 0.5) is 0 Å². The topological polar surface area (TPSA) is 58.4 Å². The van der Waals surface area contributed by atoms with E-state index in [-0.39, 0.29) is 24.3 Å². The third-order valence-corrected chi connectivity index (χ3v) is 4.84. The van der Waals surface area contributed by atoms with Crippen LogP contribution in [-0.2, 0) is 7.05 Å². The highest BCUT2D eigenvalue weighted by Crippen LogP contribution is 2.33. The second-order valence-electron chi connectivity index (χ2n) is 6.11. The molecular formula is C17H20ClN3O2. The first-order chi connectivity index (χ1) is 11.0. The van der Waals surface area contributed by atoms with Crippen LogP contribution in [0.2, 0.25) is 5.02 Å². The third kappa shape index (κ3) is 2.99. The fourth-order valence-corrected chi connectivity index (χ4v) is 3.44. The van der Waals surface area contributed by atoms with E-state index in [2.05, 4.69) is 5.10 Å². The highest BCUT2D eigenvalue weighted by Gasteiger charge is 2.37. The van der Waals surface area contributed by atoms with E-state index in [0.717, 1.165) is 11.1 Å². The Balaban J connectivity index is 1.84. The number of carbonyl (C=O) groups excluding carboxylic acids is 1. The molecule has 1 saturated heterocycles. The molecule has 1 aromatic heterocycles. The van der Waals surface area contributed by atoms with Crippen molar-refractivity contribution < 1.29 is 9.90 Å². The molecule has 3 rings (SSSR count). The zero-order chi connectivity index (χ0) is 16.6. The van der Waals surface area contributed by atoms with E-state index < -0.39 is 0 Å². The lowest BCUT2D eigenvalue weighted by atomic mass is 9.90. The van der Waals surface area contributed by atoms with Gasteiger partial charge in [-0.05, 0) is 30.2 Å². The predicted molar refractivity (Wildman–Crippen MR) is 88.6 cm³/mol. The molecule has 0 unspecified atom stereocenters. The maximum atomic E-state index is 12.8. The number of amides is 1. The van der Waals surface area contributed by atoms with E-state index >= 15 is 0 Å². The Morgan fingerprint density at radius 1 is 1.35 bits per heavy atom. The Morgan fingerprint density at radius 3 is 2.61 bits per heavy atom. The fourth-order valence-electron chi connectivity index (χ4n) is 3.31. The van der Waals surface area contributed by atoms with Gasteiger partial charge in [0.1, 0.15) is 5.69 Å². The highest BCUT2D eigenvalue weighted by atomic mass is 35.5. The van der Waals surface area contributed by atoms with Crippen LogP contribution < -0.4 is 0 Å². The second kappa shape index (κ2) is 6.34. The SMILES string of the molecule is Cc1cnn(C)c1C(=O)N1C[C@@H](CO)[C@H](c2ccc(Cl)cc2)C1. The Bertz CT molecular complexity index is 692. The number of hydrogen-bond donors (Lipinski definition) is 1. The molecule has 0 radical (unpaired) electrons. The molecule has 0 bridgehead atoms. The molecule has 122 valence electrons. The van der Waals surface area contributed by atoms with E-state index in [1.807, 2.05) is 36.1 Å². The van der Waals surface area contributed by atoms with Gasteiger partial charge in [-0.2, -0.15) is 5.10 Å². The first kappa shape index (κ1) is 16.0. The van der Waals surface area contributed by atoms with Crippen molar-refractivity contribution in [2.24, 2.45) is 13.0 Å². The summed E-state index contributed by atoms with van der Waals surface area (Å²) < 4.78 is 1.61. The largest absolute Gasteiger partial charge is 0.396 e. The van der Waals surface area contributed by atoms with E-state index in [4.69, 9.17) is 11.6 Å². The van der Waals surface area contributed by atoms with Crippen molar-refractivity contribution >= 4 is 17.5 Å². The average molecular weight is 334 g/mol. The zero-order valence-electron chi connectivity index (χ0n) is 13.2. The summed E-state index contributed by atoms with van der Waals surface area (Å²) in [5, 5.41) is 14.5. The highest BCUT2D eigenvalue weighted by molar-refractivity contribution is 6.30. The minimum atomic E-state index is -0.0302. The average Bonchev–Trinajstić information content (AvgIpc) is 3.11. The number of likely N-dealkylation sites (tertiary alicyclic amines) is 1. The van der Waals surface area contributed by atoms with Crippen LogP contribution >= 0.6 is 11.6 Å². The van der Waals surface area contributed by atoms with Gasteiger partial charge in [-0.15, -0.1) is 0 Å². The van der Waals surface area contributed by atoms with Crippen LogP contribution in [0.25, 0.3) is 0 Å². The minimum Gasteiger partial charge on any atom is -0.396 e. The van der Waals surface area contributed by atoms with E-state index in [1.165, 1.54) is 0 Å². The Labute approximate surface area is 140 Å². The number of nitrogens with zero attached hydrogens (tertiary/aromatic N) is 3. The second-order valence-corrected chi connectivity index (χ2v) is 6.55. The molecule has 1 N–H and O–H groups in total. The van der Waals surface area contributed by atoms with Gasteiger partial charge in [0.2, 0.25) is 0 Å². The number of carbonyl (C=O) groups is 1. The molecule has 2 aromatic rings. The van der Waals surface area contributed by atoms with Crippen molar-refractivity contribution in [2.75, 3.05) is 19.7 Å². The number of aliphatic hydroxyl groups is 1. The van der Waals surface area contributed by atoms with Crippen LogP contribution in [0.15, 0.2) is 30.5 Å². The maximum Gasteiger partial charge on any atom is 0.272 e. The normalized spacial score (nSPS) is 21.0. The molecule has 1 aliphatic heterocycles. The summed E-state index contributed by atoms with van der Waals surface area (Å²) in [6.45, 7) is 3.08. The van der Waals surface area contributed by atoms with Gasteiger partial charge in [0.05, 0.1) is 6.20 Å². The molecule has 1 fully saturated rings. The van der Waals surface area contributed by atoms with Crippen LogP contribution in [-0.4, -0.2) is 45.4 Å². The number of aliphatic hydroxyl groups excluding tert-OH is 1. The number of aryl methyl sites for hydroxylation is 2. The summed E-state index contributed by atoms with van der Waals surface area (Å²) in [5.41, 5.74) is 2.58. The standard InChI is InChI=1S/C17H20ClN3O2/c1-11-7-19-20(2)16(11)17(23)21-8-13(10-22)15(9-21)12-3-5-14(18)6-4-12/h3-7,13,15,22H,8-10H2,1-2H3/t13-,15-/m0/s1. The van der Waals surface area contributed by atoms with Crippen LogP contribution in [0.1, 0.15) is 27.5 Å². The van der Waals surface area contributed by atoms with Gasteiger partial charge < -0.3 is 10.0 Å². The Hall–Kier alpha value is -1.85. The van der Waals surface area contributed by atoms with Gasteiger partial charge in [-0.25, -0.2) is 0 Å². The summed E-state index contributed by atoms with van der Waals surface area (Å²) >= 11 is 5.95. The molecule has 6 heteroatoms. The molecular weight excluding hydrogens is 314 g/mol. The molecule has 1 aliphatic rings. The lowest BCUT2D eigenvalue weighted by Gasteiger charge is -2.17. The van der Waals surface area contributed by atoms with Crippen LogP contribution in [0, 0.1) is 12.8 Å². The summed E-state index contributed by atoms with van der Waals surface area (Å²) in [7, 11) is 1.77. The number of halogens is 1. The molecule has 1 aromatic carbocycles. The number of hydrogen-bond acceptors (Lipinski definition) is 3. The molecule has 5 nitrogen and oxygen atoms in total. The van der Waals surface area contributed by atoms with E-state index in [0.29, 0.717) is 23.8 Å². The van der Waals surface area contributed by atoms with Crippen molar-refractivity contribution in [1.29, 1.82) is 0 Å². The molecule has 0 saturated carbocycles. The summed E-state index contributed by atoms with van der Waals surface area (Å²) in [6, 6.07) is 7.64. The van der Waals surface area contributed by atoms with E-state index in [1.54, 1.807) is 17.9 Å². The molecule has 1 amide bonds. The molecule has 0 aliphatic carbocycles. The zero-order valence-corrected chi connectivity index (χ0v) is 14.0. The summed E-state index contributed by atoms with van der Waals surface area (Å²) in [6.07, 6.45) is 1.70. The number of benzene rings is 1. The smallest absolute Gasteiger partial charge is 0.272 e. The van der Waals surface area contributed by atoms with Crippen molar-refractivity contribution in [2.45, 2.75) is 12.8 Å². The monoisotopic (exact) mass is 333 g/mol. The maximum absolute atomic E-state index is 12.8. The fraction of sp³-hybridized carbons (Fsp3) is 0.412. The minimum absolute atomic E-state index is 0.0302. The molecule has 2 atom stereocenters. The third-order valence-electron chi connectivity index (χ3n) is 4.59. The number of rotatable bonds is 3. The van der Waals surface area contributed by atoms with Gasteiger partial charge in [0.25, 0.3) is 5.91 Å². The van der Waals surface area contributed by atoms with Gasteiger partial charge in [-0.3, -0.25) is 9.48 Å². The van der Waals surface area contributed by atoms with Crippen LogP contribution in [0.3, 0.4) is 0 Å². The first-order valence-corrected chi connectivity index (χ1v) is 8.03. The summed E-state index contributed by atoms with van der Waals surface area (Å²) in [4.78, 5) is 14.6. The van der Waals surface area contributed by atoms with E-state index in [9.17, 15) is 9.90 Å². The Morgan fingerprint density at radius 2 is 2.04 bits per heavy atom. The lowest BCUT2D eigenvalue weighted by molar-refractivity contribution is 0.0769. The van der Waals surface area contributed by atoms with Gasteiger partial charge in [0.15, 0.2) is 0 Å². The summed E-state index contributed by atoms with van der Waals surface area (Å²) in [5.74, 6) is 0.126.